The molecule has 0 saturated carbocycles. The molecule has 2 amide bonds. The highest BCUT2D eigenvalue weighted by atomic mass is 16.6. The van der Waals surface area contributed by atoms with Crippen LogP contribution in [0.25, 0.3) is 0 Å². The molecule has 1 N–H and O–H groups in total. The van der Waals surface area contributed by atoms with Crippen LogP contribution in [0.2, 0.25) is 0 Å². The topological polar surface area (TPSA) is 77.1 Å². The van der Waals surface area contributed by atoms with E-state index in [-0.39, 0.29) is 24.0 Å². The van der Waals surface area contributed by atoms with E-state index >= 15 is 0 Å². The highest BCUT2D eigenvalue weighted by molar-refractivity contribution is 5.81. The first kappa shape index (κ1) is 33.1. The minimum Gasteiger partial charge on any atom is -0.444 e. The van der Waals surface area contributed by atoms with Crippen molar-refractivity contribution in [2.75, 3.05) is 13.2 Å². The number of amides is 2. The Kier molecular flexibility index (Phi) is 11.9. The van der Waals surface area contributed by atoms with Gasteiger partial charge in [-0.25, -0.2) is 4.79 Å². The molecule has 1 aliphatic rings. The average Bonchev–Trinajstić information content (AvgIpc) is 3.09. The Morgan fingerprint density at radius 3 is 2.31 bits per heavy atom. The van der Waals surface area contributed by atoms with Gasteiger partial charge in [-0.3, -0.25) is 9.69 Å². The third-order valence-corrected chi connectivity index (χ3v) is 7.54. The van der Waals surface area contributed by atoms with Gasteiger partial charge < -0.3 is 19.5 Å². The molecular formula is C32H54N2O5. The summed E-state index contributed by atoms with van der Waals surface area (Å²) in [6, 6.07) is 9.86. The van der Waals surface area contributed by atoms with Gasteiger partial charge in [-0.05, 0) is 64.9 Å². The number of hydrogen-bond acceptors (Lipinski definition) is 5. The highest BCUT2D eigenvalue weighted by Crippen LogP contribution is 2.38. The Hall–Kier alpha value is -2.12. The summed E-state index contributed by atoms with van der Waals surface area (Å²) in [6.07, 6.45) is 2.78. The van der Waals surface area contributed by atoms with Crippen LogP contribution in [0.3, 0.4) is 0 Å². The first-order valence-corrected chi connectivity index (χ1v) is 14.7. The first-order chi connectivity index (χ1) is 18.1. The van der Waals surface area contributed by atoms with Crippen molar-refractivity contribution >= 4 is 12.0 Å². The lowest BCUT2D eigenvalue weighted by molar-refractivity contribution is -0.131. The molecule has 39 heavy (non-hydrogen) atoms. The molecule has 1 fully saturated rings. The lowest BCUT2D eigenvalue weighted by Crippen LogP contribution is -2.52. The Morgan fingerprint density at radius 2 is 1.74 bits per heavy atom. The van der Waals surface area contributed by atoms with Gasteiger partial charge in [0.05, 0.1) is 25.4 Å². The van der Waals surface area contributed by atoms with Crippen LogP contribution in [0.4, 0.5) is 4.79 Å². The molecule has 7 nitrogen and oxygen atoms in total. The fourth-order valence-electron chi connectivity index (χ4n) is 5.08. The second-order valence-corrected chi connectivity index (χ2v) is 13.5. The molecule has 3 atom stereocenters. The maximum absolute atomic E-state index is 13.5. The monoisotopic (exact) mass is 546 g/mol. The summed E-state index contributed by atoms with van der Waals surface area (Å²) in [5.41, 5.74) is -0.848. The summed E-state index contributed by atoms with van der Waals surface area (Å²) in [7, 11) is 0. The van der Waals surface area contributed by atoms with Crippen LogP contribution in [0, 0.1) is 17.3 Å². The quantitative estimate of drug-likeness (QED) is 0.290. The molecule has 7 heteroatoms. The number of rotatable bonds is 13. The van der Waals surface area contributed by atoms with Gasteiger partial charge in [0.25, 0.3) is 0 Å². The standard InChI is InChI=1S/C32H54N2O5/c1-11-12-18-31(7,8)28(35)33-20-27-26(34(32(9,10)38-27)29(36)39-30(4,5)6)19-25(23(2)3)22-37-21-24-16-14-13-15-17-24/h13-17,23,25-27H,11-12,18-22H2,1-10H3,(H,33,35)/t25-,26+,27+/m1/s1. The van der Waals surface area contributed by atoms with E-state index in [2.05, 4.69) is 38.2 Å². The molecule has 222 valence electrons. The van der Waals surface area contributed by atoms with Crippen molar-refractivity contribution in [2.45, 2.75) is 125 Å². The van der Waals surface area contributed by atoms with Crippen LogP contribution < -0.4 is 5.32 Å². The van der Waals surface area contributed by atoms with E-state index in [1.165, 1.54) is 0 Å². The average molecular weight is 547 g/mol. The molecule has 1 aliphatic heterocycles. The minimum atomic E-state index is -0.882. The van der Waals surface area contributed by atoms with Crippen LogP contribution in [0.1, 0.15) is 100 Å². The number of unbranched alkanes of at least 4 members (excludes halogenated alkanes) is 1. The van der Waals surface area contributed by atoms with E-state index in [1.54, 1.807) is 4.90 Å². The summed E-state index contributed by atoms with van der Waals surface area (Å²) in [6.45, 7) is 21.3. The molecule has 1 aromatic rings. The van der Waals surface area contributed by atoms with Crippen LogP contribution in [-0.4, -0.2) is 53.5 Å². The number of carbonyl (C=O) groups excluding carboxylic acids is 2. The number of nitrogens with zero attached hydrogens (tertiary/aromatic N) is 1. The lowest BCUT2D eigenvalue weighted by Gasteiger charge is -2.37. The Morgan fingerprint density at radius 1 is 1.10 bits per heavy atom. The predicted molar refractivity (Wildman–Crippen MR) is 156 cm³/mol. The molecular weight excluding hydrogens is 492 g/mol. The maximum Gasteiger partial charge on any atom is 0.412 e. The number of carbonyl (C=O) groups is 2. The zero-order valence-corrected chi connectivity index (χ0v) is 26.1. The van der Waals surface area contributed by atoms with Crippen molar-refractivity contribution in [2.24, 2.45) is 17.3 Å². The number of ether oxygens (including phenoxy) is 3. The van der Waals surface area contributed by atoms with Gasteiger partial charge in [0.15, 0.2) is 0 Å². The Balaban J connectivity index is 2.24. The van der Waals surface area contributed by atoms with Crippen molar-refractivity contribution in [3.63, 3.8) is 0 Å². The maximum atomic E-state index is 13.5. The second-order valence-electron chi connectivity index (χ2n) is 13.5. The van der Waals surface area contributed by atoms with Crippen LogP contribution >= 0.6 is 0 Å². The van der Waals surface area contributed by atoms with Crippen molar-refractivity contribution in [1.29, 1.82) is 0 Å². The summed E-state index contributed by atoms with van der Waals surface area (Å²) >= 11 is 0. The normalized spacial score (nSPS) is 20.2. The number of nitrogens with one attached hydrogen (secondary N) is 1. The molecule has 0 spiro atoms. The smallest absolute Gasteiger partial charge is 0.412 e. The zero-order valence-electron chi connectivity index (χ0n) is 26.1. The molecule has 0 aromatic heterocycles. The largest absolute Gasteiger partial charge is 0.444 e. The molecule has 0 bridgehead atoms. The Labute approximate surface area is 237 Å². The molecule has 0 radical (unpaired) electrons. The van der Waals surface area contributed by atoms with Gasteiger partial charge in [-0.2, -0.15) is 0 Å². The van der Waals surface area contributed by atoms with Crippen molar-refractivity contribution in [1.82, 2.24) is 10.2 Å². The van der Waals surface area contributed by atoms with Gasteiger partial charge in [-0.15, -0.1) is 0 Å². The van der Waals surface area contributed by atoms with E-state index < -0.39 is 22.8 Å². The summed E-state index contributed by atoms with van der Waals surface area (Å²) in [5.74, 6) is 0.520. The minimum absolute atomic E-state index is 0.0124. The second kappa shape index (κ2) is 14.0. The van der Waals surface area contributed by atoms with Crippen molar-refractivity contribution < 1.29 is 23.8 Å². The van der Waals surface area contributed by atoms with Crippen molar-refractivity contribution in [3.8, 4) is 0 Å². The number of benzene rings is 1. The van der Waals surface area contributed by atoms with Gasteiger partial charge in [0.2, 0.25) is 5.91 Å². The van der Waals surface area contributed by atoms with Crippen LogP contribution in [-0.2, 0) is 25.6 Å². The first-order valence-electron chi connectivity index (χ1n) is 14.7. The van der Waals surface area contributed by atoms with E-state index in [0.29, 0.717) is 32.1 Å². The predicted octanol–water partition coefficient (Wildman–Crippen LogP) is 6.94. The molecule has 0 aliphatic carbocycles. The molecule has 1 heterocycles. The number of hydrogen-bond donors (Lipinski definition) is 1. The zero-order chi connectivity index (χ0) is 29.4. The SMILES string of the molecule is CCCCC(C)(C)C(=O)NC[C@@H]1OC(C)(C)N(C(=O)OC(C)(C)C)[C@H]1C[C@H](COCc1ccccc1)C(C)C. The van der Waals surface area contributed by atoms with Crippen LogP contribution in [0.15, 0.2) is 30.3 Å². The van der Waals surface area contributed by atoms with Gasteiger partial charge in [-0.1, -0.05) is 77.8 Å². The molecule has 1 aromatic carbocycles. The highest BCUT2D eigenvalue weighted by Gasteiger charge is 2.52. The van der Waals surface area contributed by atoms with E-state index in [9.17, 15) is 9.59 Å². The van der Waals surface area contributed by atoms with Crippen molar-refractivity contribution in [3.05, 3.63) is 35.9 Å². The lowest BCUT2D eigenvalue weighted by atomic mass is 9.85. The molecule has 1 saturated heterocycles. The van der Waals surface area contributed by atoms with Gasteiger partial charge >= 0.3 is 6.09 Å². The summed E-state index contributed by atoms with van der Waals surface area (Å²) in [4.78, 5) is 28.4. The summed E-state index contributed by atoms with van der Waals surface area (Å²) in [5, 5.41) is 3.14. The Bertz CT molecular complexity index is 907. The van der Waals surface area contributed by atoms with E-state index in [4.69, 9.17) is 14.2 Å². The van der Waals surface area contributed by atoms with Gasteiger partial charge in [0.1, 0.15) is 11.3 Å². The third-order valence-electron chi connectivity index (χ3n) is 7.54. The summed E-state index contributed by atoms with van der Waals surface area (Å²) < 4.78 is 18.5. The molecule has 2 rings (SSSR count). The van der Waals surface area contributed by atoms with E-state index in [0.717, 1.165) is 24.8 Å². The van der Waals surface area contributed by atoms with Gasteiger partial charge in [0, 0.05) is 12.0 Å². The third kappa shape index (κ3) is 10.1. The molecule has 0 unspecified atom stereocenters. The van der Waals surface area contributed by atoms with Crippen LogP contribution in [0.5, 0.6) is 0 Å². The fraction of sp³-hybridized carbons (Fsp3) is 0.750. The van der Waals surface area contributed by atoms with E-state index in [1.807, 2.05) is 66.7 Å². The fourth-order valence-corrected chi connectivity index (χ4v) is 5.08.